The minimum absolute atomic E-state index is 0.234. The van der Waals surface area contributed by atoms with Crippen molar-refractivity contribution < 1.29 is 9.53 Å². The lowest BCUT2D eigenvalue weighted by Gasteiger charge is -2.10. The van der Waals surface area contributed by atoms with Crippen LogP contribution in [0.4, 0.5) is 5.69 Å². The van der Waals surface area contributed by atoms with Crippen LogP contribution in [-0.2, 0) is 11.3 Å². The lowest BCUT2D eigenvalue weighted by atomic mass is 10.0. The van der Waals surface area contributed by atoms with Crippen molar-refractivity contribution in [2.24, 2.45) is 0 Å². The molecule has 34 heavy (non-hydrogen) atoms. The van der Waals surface area contributed by atoms with Crippen LogP contribution in [0.5, 0.6) is 5.75 Å². The third-order valence-corrected chi connectivity index (χ3v) is 5.92. The molecule has 172 valence electrons. The molecular formula is C25H24N6O3. The highest BCUT2D eigenvalue weighted by Crippen LogP contribution is 2.25. The molecule has 0 aliphatic rings. The number of hydrogen-bond acceptors (Lipinski definition) is 5. The Morgan fingerprint density at radius 1 is 1.00 bits per heavy atom. The van der Waals surface area contributed by atoms with E-state index >= 15 is 0 Å². The molecule has 3 aromatic heterocycles. The van der Waals surface area contributed by atoms with Gasteiger partial charge < -0.3 is 10.1 Å². The molecule has 1 N–H and O–H groups in total. The number of nitrogens with one attached hydrogen (secondary N) is 1. The summed E-state index contributed by atoms with van der Waals surface area (Å²) in [5.41, 5.74) is 6.37. The monoisotopic (exact) mass is 456 g/mol. The van der Waals surface area contributed by atoms with Gasteiger partial charge in [-0.2, -0.15) is 5.10 Å². The van der Waals surface area contributed by atoms with Crippen molar-refractivity contribution in [1.29, 1.82) is 0 Å². The molecule has 9 nitrogen and oxygen atoms in total. The Balaban J connectivity index is 1.49. The lowest BCUT2D eigenvalue weighted by Crippen LogP contribution is -2.28. The highest BCUT2D eigenvalue weighted by molar-refractivity contribution is 5.92. The summed E-state index contributed by atoms with van der Waals surface area (Å²) in [6.07, 6.45) is 3.31. The van der Waals surface area contributed by atoms with Crippen LogP contribution in [0.15, 0.2) is 59.7 Å². The van der Waals surface area contributed by atoms with Crippen LogP contribution in [0.1, 0.15) is 16.7 Å². The van der Waals surface area contributed by atoms with Crippen LogP contribution < -0.4 is 15.7 Å². The van der Waals surface area contributed by atoms with Gasteiger partial charge in [0, 0.05) is 18.0 Å². The van der Waals surface area contributed by atoms with Crippen LogP contribution in [0, 0.1) is 20.8 Å². The Bertz CT molecular complexity index is 1630. The molecule has 2 aromatic carbocycles. The average Bonchev–Trinajstić information content (AvgIpc) is 3.37. The Kier molecular flexibility index (Phi) is 5.16. The smallest absolute Gasteiger partial charge is 0.350 e. The fourth-order valence-corrected chi connectivity index (χ4v) is 3.92. The van der Waals surface area contributed by atoms with Crippen LogP contribution in [-0.4, -0.2) is 36.8 Å². The number of nitrogens with zero attached hydrogens (tertiary/aromatic N) is 5. The molecule has 5 aromatic rings. The highest BCUT2D eigenvalue weighted by Gasteiger charge is 2.16. The third kappa shape index (κ3) is 3.71. The second-order valence-electron chi connectivity index (χ2n) is 8.34. The van der Waals surface area contributed by atoms with Crippen molar-refractivity contribution in [3.63, 3.8) is 0 Å². The van der Waals surface area contributed by atoms with Crippen molar-refractivity contribution in [2.75, 3.05) is 12.4 Å². The topological polar surface area (TPSA) is 94.9 Å². The molecule has 0 spiro atoms. The number of carbonyl (C=O) groups excluding carboxylic acids is 1. The number of anilines is 1. The number of ether oxygens (including phenoxy) is 1. The fourth-order valence-electron chi connectivity index (χ4n) is 3.92. The largest absolute Gasteiger partial charge is 0.495 e. The molecule has 0 saturated heterocycles. The maximum Gasteiger partial charge on any atom is 0.350 e. The van der Waals surface area contributed by atoms with E-state index in [-0.39, 0.29) is 12.5 Å². The quantitative estimate of drug-likeness (QED) is 0.438. The SMILES string of the molecule is COc1ccc(C)cc1NC(=O)Cn1nc2c3cc(-c4ccc(C)c(C)c4)nn3ccn2c1=O. The number of carbonyl (C=O) groups is 1. The predicted molar refractivity (Wildman–Crippen MR) is 129 cm³/mol. The van der Waals surface area contributed by atoms with Gasteiger partial charge in [-0.1, -0.05) is 18.2 Å². The maximum atomic E-state index is 12.9. The van der Waals surface area contributed by atoms with Crippen LogP contribution in [0.2, 0.25) is 0 Å². The molecule has 0 aliphatic carbocycles. The van der Waals surface area contributed by atoms with E-state index in [9.17, 15) is 9.59 Å². The number of aryl methyl sites for hydroxylation is 3. The summed E-state index contributed by atoms with van der Waals surface area (Å²) in [6, 6.07) is 13.6. The van der Waals surface area contributed by atoms with Crippen LogP contribution in [0.3, 0.4) is 0 Å². The first-order valence-corrected chi connectivity index (χ1v) is 10.8. The minimum atomic E-state index is -0.405. The number of fused-ring (bicyclic) bond motifs is 3. The zero-order chi connectivity index (χ0) is 24.0. The van der Waals surface area contributed by atoms with E-state index in [0.717, 1.165) is 21.5 Å². The molecule has 3 heterocycles. The van der Waals surface area contributed by atoms with Gasteiger partial charge in [-0.15, -0.1) is 5.10 Å². The number of hydrogen-bond donors (Lipinski definition) is 1. The third-order valence-electron chi connectivity index (χ3n) is 5.92. The van der Waals surface area contributed by atoms with E-state index in [4.69, 9.17) is 4.74 Å². The molecule has 1 amide bonds. The fraction of sp³-hybridized carbons (Fsp3) is 0.200. The van der Waals surface area contributed by atoms with Crippen LogP contribution >= 0.6 is 0 Å². The Morgan fingerprint density at radius 2 is 1.82 bits per heavy atom. The summed E-state index contributed by atoms with van der Waals surface area (Å²) in [4.78, 5) is 25.6. The second-order valence-corrected chi connectivity index (χ2v) is 8.34. The van der Waals surface area contributed by atoms with Gasteiger partial charge in [0.25, 0.3) is 0 Å². The van der Waals surface area contributed by atoms with Gasteiger partial charge >= 0.3 is 5.69 Å². The second kappa shape index (κ2) is 8.18. The van der Waals surface area contributed by atoms with Gasteiger partial charge in [0.2, 0.25) is 5.91 Å². The van der Waals surface area contributed by atoms with Crippen molar-refractivity contribution in [2.45, 2.75) is 27.3 Å². The van der Waals surface area contributed by atoms with Crippen LogP contribution in [0.25, 0.3) is 22.4 Å². The molecule has 0 aliphatic heterocycles. The van der Waals surface area contributed by atoms with E-state index in [1.807, 2.05) is 31.2 Å². The molecule has 5 rings (SSSR count). The summed E-state index contributed by atoms with van der Waals surface area (Å²) in [5.74, 6) is 0.163. The van der Waals surface area contributed by atoms with E-state index in [2.05, 4.69) is 41.5 Å². The maximum absolute atomic E-state index is 12.9. The molecule has 0 unspecified atom stereocenters. The molecule has 0 bridgehead atoms. The number of methoxy groups -OCH3 is 1. The number of aromatic nitrogens is 5. The molecule has 0 saturated carbocycles. The van der Waals surface area contributed by atoms with E-state index in [1.165, 1.54) is 22.6 Å². The molecule has 0 atom stereocenters. The lowest BCUT2D eigenvalue weighted by molar-refractivity contribution is -0.117. The van der Waals surface area contributed by atoms with E-state index in [1.54, 1.807) is 23.0 Å². The Labute approximate surface area is 195 Å². The first kappa shape index (κ1) is 21.4. The van der Waals surface area contributed by atoms with Crippen molar-refractivity contribution in [3.8, 4) is 17.0 Å². The van der Waals surface area contributed by atoms with E-state index in [0.29, 0.717) is 22.6 Å². The van der Waals surface area contributed by atoms with Crippen molar-refractivity contribution in [1.82, 2.24) is 23.8 Å². The summed E-state index contributed by atoms with van der Waals surface area (Å²) >= 11 is 0. The van der Waals surface area contributed by atoms with Crippen molar-refractivity contribution >= 4 is 22.8 Å². The van der Waals surface area contributed by atoms with Crippen molar-refractivity contribution in [3.05, 3.63) is 82.0 Å². The van der Waals surface area contributed by atoms with Gasteiger partial charge in [-0.3, -0.25) is 4.79 Å². The standard InChI is InChI=1S/C25H24N6O3/c1-15-5-8-22(34-4)20(11-15)26-23(32)14-31-25(33)29-9-10-30-21(24(29)28-31)13-19(27-30)18-7-6-16(2)17(3)12-18/h5-13H,14H2,1-4H3,(H,26,32). The van der Waals surface area contributed by atoms with Gasteiger partial charge in [0.15, 0.2) is 5.65 Å². The molecule has 9 heteroatoms. The zero-order valence-corrected chi connectivity index (χ0v) is 19.4. The van der Waals surface area contributed by atoms with Gasteiger partial charge in [-0.05, 0) is 61.7 Å². The average molecular weight is 457 g/mol. The first-order valence-electron chi connectivity index (χ1n) is 10.8. The Morgan fingerprint density at radius 3 is 2.59 bits per heavy atom. The number of amides is 1. The highest BCUT2D eigenvalue weighted by atomic mass is 16.5. The summed E-state index contributed by atoms with van der Waals surface area (Å²) in [6.45, 7) is 5.81. The number of benzene rings is 2. The predicted octanol–water partition coefficient (Wildman–Crippen LogP) is 3.38. The van der Waals surface area contributed by atoms with Gasteiger partial charge in [-0.25, -0.2) is 18.4 Å². The first-order chi connectivity index (χ1) is 16.3. The Hall–Kier alpha value is -4.40. The zero-order valence-electron chi connectivity index (χ0n) is 19.4. The minimum Gasteiger partial charge on any atom is -0.495 e. The molecule has 0 radical (unpaired) electrons. The molecular weight excluding hydrogens is 432 g/mol. The summed E-state index contributed by atoms with van der Waals surface area (Å²) < 4.78 is 9.57. The summed E-state index contributed by atoms with van der Waals surface area (Å²) in [5, 5.41) is 11.9. The number of rotatable bonds is 5. The summed E-state index contributed by atoms with van der Waals surface area (Å²) in [7, 11) is 1.54. The van der Waals surface area contributed by atoms with Gasteiger partial charge in [0.05, 0.1) is 18.5 Å². The normalized spacial score (nSPS) is 11.3. The van der Waals surface area contributed by atoms with Gasteiger partial charge in [0.1, 0.15) is 17.8 Å². The molecule has 0 fully saturated rings. The van der Waals surface area contributed by atoms with E-state index < -0.39 is 5.69 Å².